The summed E-state index contributed by atoms with van der Waals surface area (Å²) in [5, 5.41) is 2.92. The Hall–Kier alpha value is -2.11. The molecule has 0 saturated carbocycles. The van der Waals surface area contributed by atoms with E-state index in [0.29, 0.717) is 32.7 Å². The zero-order valence-corrected chi connectivity index (χ0v) is 14.1. The van der Waals surface area contributed by atoms with Crippen LogP contribution in [0.3, 0.4) is 0 Å². The van der Waals surface area contributed by atoms with Crippen LogP contribution in [0.4, 0.5) is 4.79 Å². The maximum atomic E-state index is 12.1. The number of hydrogen-bond acceptors (Lipinski definition) is 4. The van der Waals surface area contributed by atoms with E-state index in [9.17, 15) is 9.59 Å². The van der Waals surface area contributed by atoms with Gasteiger partial charge in [0.1, 0.15) is 0 Å². The molecule has 0 aliphatic rings. The molecule has 1 aromatic heterocycles. The molecule has 0 fully saturated rings. The first-order valence-electron chi connectivity index (χ1n) is 8.24. The molecule has 128 valence electrons. The molecule has 0 aromatic carbocycles. The highest BCUT2D eigenvalue weighted by molar-refractivity contribution is 5.74. The molecule has 0 saturated heterocycles. The van der Waals surface area contributed by atoms with Gasteiger partial charge in [0, 0.05) is 38.4 Å². The quantitative estimate of drug-likeness (QED) is 0.531. The van der Waals surface area contributed by atoms with E-state index in [0.717, 1.165) is 24.8 Å². The number of aromatic nitrogens is 1. The number of carbonyl (C=O) groups excluding carboxylic acids is 2. The van der Waals surface area contributed by atoms with Gasteiger partial charge in [-0.15, -0.1) is 0 Å². The first-order valence-corrected chi connectivity index (χ1v) is 8.24. The minimum Gasteiger partial charge on any atom is -0.466 e. The van der Waals surface area contributed by atoms with Crippen molar-refractivity contribution in [3.8, 4) is 0 Å². The fourth-order valence-corrected chi connectivity index (χ4v) is 2.15. The number of esters is 1. The monoisotopic (exact) mass is 321 g/mol. The molecule has 6 nitrogen and oxygen atoms in total. The molecule has 1 rings (SSSR count). The van der Waals surface area contributed by atoms with Crippen LogP contribution >= 0.6 is 0 Å². The Morgan fingerprint density at radius 2 is 1.91 bits per heavy atom. The molecule has 1 N–H and O–H groups in total. The number of nitrogens with one attached hydrogen (secondary N) is 1. The van der Waals surface area contributed by atoms with Gasteiger partial charge in [-0.3, -0.25) is 9.78 Å². The predicted octanol–water partition coefficient (Wildman–Crippen LogP) is 2.74. The first-order chi connectivity index (χ1) is 11.2. The molecular weight excluding hydrogens is 294 g/mol. The van der Waals surface area contributed by atoms with E-state index in [2.05, 4.69) is 10.3 Å². The summed E-state index contributed by atoms with van der Waals surface area (Å²) in [7, 11) is 0. The van der Waals surface area contributed by atoms with Crippen LogP contribution in [0.1, 0.15) is 45.1 Å². The van der Waals surface area contributed by atoms with Crippen LogP contribution in [0.25, 0.3) is 0 Å². The number of carbonyl (C=O) groups is 2. The lowest BCUT2D eigenvalue weighted by Gasteiger charge is -2.21. The number of unbranched alkanes of at least 4 members (excludes halogenated alkanes) is 2. The van der Waals surface area contributed by atoms with Crippen LogP contribution < -0.4 is 5.32 Å². The van der Waals surface area contributed by atoms with E-state index in [4.69, 9.17) is 4.74 Å². The molecule has 0 aliphatic carbocycles. The van der Waals surface area contributed by atoms with E-state index in [1.807, 2.05) is 19.1 Å². The molecule has 1 heterocycles. The molecule has 0 unspecified atom stereocenters. The third kappa shape index (κ3) is 8.18. The lowest BCUT2D eigenvalue weighted by molar-refractivity contribution is -0.143. The Morgan fingerprint density at radius 1 is 1.17 bits per heavy atom. The van der Waals surface area contributed by atoms with Crippen LogP contribution in [-0.2, 0) is 16.1 Å². The molecule has 0 bridgehead atoms. The van der Waals surface area contributed by atoms with Gasteiger partial charge in [0.05, 0.1) is 6.61 Å². The molecule has 0 radical (unpaired) electrons. The van der Waals surface area contributed by atoms with Crippen molar-refractivity contribution in [3.63, 3.8) is 0 Å². The van der Waals surface area contributed by atoms with Crippen molar-refractivity contribution in [1.29, 1.82) is 0 Å². The second kappa shape index (κ2) is 11.5. The Bertz CT molecular complexity index is 465. The van der Waals surface area contributed by atoms with Crippen LogP contribution in [0, 0.1) is 0 Å². The van der Waals surface area contributed by atoms with Crippen molar-refractivity contribution in [2.75, 3.05) is 19.7 Å². The minimum absolute atomic E-state index is 0.0605. The van der Waals surface area contributed by atoms with Crippen LogP contribution in [0.5, 0.6) is 0 Å². The fourth-order valence-electron chi connectivity index (χ4n) is 2.15. The topological polar surface area (TPSA) is 71.5 Å². The van der Waals surface area contributed by atoms with E-state index in [-0.39, 0.29) is 12.0 Å². The standard InChI is InChI=1S/C17H27N3O3/c1-3-20(14-15-9-12-18-13-10-15)17(22)19-11-7-5-6-8-16(21)23-4-2/h9-10,12-13H,3-8,11,14H2,1-2H3,(H,19,22). The van der Waals surface area contributed by atoms with Crippen molar-refractivity contribution < 1.29 is 14.3 Å². The molecule has 6 heteroatoms. The number of hydrogen-bond donors (Lipinski definition) is 1. The van der Waals surface area contributed by atoms with Gasteiger partial charge in [0.25, 0.3) is 0 Å². The summed E-state index contributed by atoms with van der Waals surface area (Å²) in [4.78, 5) is 29.0. The Morgan fingerprint density at radius 3 is 2.57 bits per heavy atom. The van der Waals surface area contributed by atoms with E-state index in [1.165, 1.54) is 0 Å². The van der Waals surface area contributed by atoms with E-state index in [1.54, 1.807) is 24.2 Å². The highest BCUT2D eigenvalue weighted by Gasteiger charge is 2.11. The first kappa shape index (κ1) is 18.9. The number of nitrogens with zero attached hydrogens (tertiary/aromatic N) is 2. The zero-order chi connectivity index (χ0) is 16.9. The van der Waals surface area contributed by atoms with Crippen molar-refractivity contribution in [3.05, 3.63) is 30.1 Å². The molecule has 0 aliphatic heterocycles. The summed E-state index contributed by atoms with van der Waals surface area (Å²) in [6.45, 7) is 6.04. The Labute approximate surface area is 138 Å². The minimum atomic E-state index is -0.147. The third-order valence-corrected chi connectivity index (χ3v) is 3.43. The van der Waals surface area contributed by atoms with Gasteiger partial charge in [-0.2, -0.15) is 0 Å². The summed E-state index contributed by atoms with van der Waals surface area (Å²) in [5.41, 5.74) is 1.06. The molecule has 2 amide bonds. The zero-order valence-electron chi connectivity index (χ0n) is 14.1. The van der Waals surface area contributed by atoms with Gasteiger partial charge < -0.3 is 15.0 Å². The molecular formula is C17H27N3O3. The Kier molecular flexibility index (Phi) is 9.43. The second-order valence-corrected chi connectivity index (χ2v) is 5.22. The smallest absolute Gasteiger partial charge is 0.317 e. The van der Waals surface area contributed by atoms with Gasteiger partial charge in [-0.25, -0.2) is 4.79 Å². The number of ether oxygens (including phenoxy) is 1. The van der Waals surface area contributed by atoms with Crippen LogP contribution in [0.15, 0.2) is 24.5 Å². The lowest BCUT2D eigenvalue weighted by atomic mass is 10.2. The van der Waals surface area contributed by atoms with E-state index >= 15 is 0 Å². The Balaban J connectivity index is 2.18. The average molecular weight is 321 g/mol. The van der Waals surface area contributed by atoms with Gasteiger partial charge in [-0.05, 0) is 44.4 Å². The van der Waals surface area contributed by atoms with Gasteiger partial charge in [0.15, 0.2) is 0 Å². The summed E-state index contributed by atoms with van der Waals surface area (Å²) in [5.74, 6) is -0.147. The van der Waals surface area contributed by atoms with Crippen molar-refractivity contribution >= 4 is 12.0 Å². The third-order valence-electron chi connectivity index (χ3n) is 3.43. The molecule has 0 atom stereocenters. The SMILES string of the molecule is CCOC(=O)CCCCCNC(=O)N(CC)Cc1ccncc1. The lowest BCUT2D eigenvalue weighted by Crippen LogP contribution is -2.39. The normalized spacial score (nSPS) is 10.2. The maximum Gasteiger partial charge on any atom is 0.317 e. The summed E-state index contributed by atoms with van der Waals surface area (Å²) < 4.78 is 4.87. The maximum absolute atomic E-state index is 12.1. The summed E-state index contributed by atoms with van der Waals surface area (Å²) in [6, 6.07) is 3.76. The van der Waals surface area contributed by atoms with Crippen molar-refractivity contribution in [1.82, 2.24) is 15.2 Å². The molecule has 23 heavy (non-hydrogen) atoms. The van der Waals surface area contributed by atoms with Gasteiger partial charge >= 0.3 is 12.0 Å². The number of pyridine rings is 1. The molecule has 1 aromatic rings. The van der Waals surface area contributed by atoms with Gasteiger partial charge in [0.2, 0.25) is 0 Å². The predicted molar refractivity (Wildman–Crippen MR) is 88.8 cm³/mol. The largest absolute Gasteiger partial charge is 0.466 e. The highest BCUT2D eigenvalue weighted by atomic mass is 16.5. The van der Waals surface area contributed by atoms with Crippen LogP contribution in [0.2, 0.25) is 0 Å². The summed E-state index contributed by atoms with van der Waals surface area (Å²) in [6.07, 6.45) is 6.46. The average Bonchev–Trinajstić information content (AvgIpc) is 2.56. The van der Waals surface area contributed by atoms with Crippen LogP contribution in [-0.4, -0.2) is 41.6 Å². The van der Waals surface area contributed by atoms with Gasteiger partial charge in [-0.1, -0.05) is 6.42 Å². The van der Waals surface area contributed by atoms with Crippen molar-refractivity contribution in [2.24, 2.45) is 0 Å². The van der Waals surface area contributed by atoms with Crippen molar-refractivity contribution in [2.45, 2.75) is 46.1 Å². The fraction of sp³-hybridized carbons (Fsp3) is 0.588. The number of rotatable bonds is 10. The number of urea groups is 1. The molecule has 0 spiro atoms. The second-order valence-electron chi connectivity index (χ2n) is 5.22. The van der Waals surface area contributed by atoms with E-state index < -0.39 is 0 Å². The summed E-state index contributed by atoms with van der Waals surface area (Å²) >= 11 is 0. The number of amides is 2. The highest BCUT2D eigenvalue weighted by Crippen LogP contribution is 2.04.